The lowest BCUT2D eigenvalue weighted by Gasteiger charge is -2.24. The monoisotopic (exact) mass is 591 g/mol. The second kappa shape index (κ2) is 12.9. The van der Waals surface area contributed by atoms with Crippen molar-refractivity contribution >= 4 is 70.8 Å². The van der Waals surface area contributed by atoms with Crippen LogP contribution < -0.4 is 4.90 Å². The molecule has 0 bridgehead atoms. The van der Waals surface area contributed by atoms with E-state index in [0.29, 0.717) is 18.2 Å². The molecular weight excluding hydrogens is 565 g/mol. The highest BCUT2D eigenvalue weighted by Gasteiger charge is 2.22. The third kappa shape index (κ3) is 7.45. The Morgan fingerprint density at radius 2 is 1.76 bits per heavy atom. The van der Waals surface area contributed by atoms with Gasteiger partial charge in [-0.2, -0.15) is 0 Å². The summed E-state index contributed by atoms with van der Waals surface area (Å²) >= 11 is 4.91. The first-order valence-corrected chi connectivity index (χ1v) is 14.1. The fraction of sp³-hybridized carbons (Fsp3) is 0.391. The van der Waals surface area contributed by atoms with Crippen LogP contribution in [-0.2, 0) is 14.6 Å². The molecule has 1 amide bonds. The van der Waals surface area contributed by atoms with Crippen molar-refractivity contribution in [3.63, 3.8) is 0 Å². The standard InChI is InChI=1S/C23H27BrFN3O3S2.ClH/c1-3-27(4-2)13-14-28(23-26-20-12-7-17(24)16-21(20)32-23)22(29)6-5-15-33(30,31)19-10-8-18(25)9-11-19;/h7-12,16H,3-6,13-15H2,1-2H3;1H. The summed E-state index contributed by atoms with van der Waals surface area (Å²) < 4.78 is 40.1. The molecular formula is C23H28BrClFN3O3S2. The highest BCUT2D eigenvalue weighted by Crippen LogP contribution is 2.31. The number of thiazole rings is 1. The van der Waals surface area contributed by atoms with Crippen molar-refractivity contribution in [1.82, 2.24) is 9.88 Å². The van der Waals surface area contributed by atoms with Gasteiger partial charge in [0.25, 0.3) is 0 Å². The summed E-state index contributed by atoms with van der Waals surface area (Å²) in [5.74, 6) is -0.827. The zero-order chi connectivity index (χ0) is 24.0. The Labute approximate surface area is 218 Å². The number of rotatable bonds is 11. The highest BCUT2D eigenvalue weighted by molar-refractivity contribution is 9.10. The number of sulfone groups is 1. The van der Waals surface area contributed by atoms with Crippen LogP contribution in [0.4, 0.5) is 9.52 Å². The van der Waals surface area contributed by atoms with Crippen LogP contribution in [0.1, 0.15) is 26.7 Å². The number of likely N-dealkylation sites (N-methyl/N-ethyl adjacent to an activating group) is 1. The molecule has 0 spiro atoms. The average molecular weight is 593 g/mol. The smallest absolute Gasteiger partial charge is 0.228 e. The first-order chi connectivity index (χ1) is 15.7. The molecule has 11 heteroatoms. The first-order valence-electron chi connectivity index (χ1n) is 10.8. The number of carbonyl (C=O) groups is 1. The van der Waals surface area contributed by atoms with Gasteiger partial charge in [0.1, 0.15) is 5.82 Å². The minimum atomic E-state index is -3.59. The van der Waals surface area contributed by atoms with Crippen LogP contribution in [-0.4, -0.2) is 56.1 Å². The van der Waals surface area contributed by atoms with Crippen molar-refractivity contribution in [3.8, 4) is 0 Å². The summed E-state index contributed by atoms with van der Waals surface area (Å²) in [4.78, 5) is 21.8. The molecule has 0 saturated carbocycles. The van der Waals surface area contributed by atoms with Crippen LogP contribution in [0.25, 0.3) is 10.2 Å². The number of halogens is 3. The van der Waals surface area contributed by atoms with Crippen molar-refractivity contribution in [2.75, 3.05) is 36.8 Å². The molecule has 0 unspecified atom stereocenters. The Bertz CT molecular complexity index is 1200. The van der Waals surface area contributed by atoms with Gasteiger partial charge >= 0.3 is 0 Å². The molecule has 3 aromatic rings. The van der Waals surface area contributed by atoms with E-state index in [1.165, 1.54) is 23.5 Å². The lowest BCUT2D eigenvalue weighted by Crippen LogP contribution is -2.38. The number of amides is 1. The number of carbonyl (C=O) groups excluding carboxylic acids is 1. The Morgan fingerprint density at radius 1 is 1.09 bits per heavy atom. The zero-order valence-corrected chi connectivity index (χ0v) is 23.1. The van der Waals surface area contributed by atoms with E-state index < -0.39 is 15.7 Å². The molecule has 1 aromatic heterocycles. The molecule has 0 aliphatic carbocycles. The van der Waals surface area contributed by atoms with Gasteiger partial charge < -0.3 is 4.90 Å². The summed E-state index contributed by atoms with van der Waals surface area (Å²) in [5.41, 5.74) is 0.817. The number of aromatic nitrogens is 1. The molecule has 2 aromatic carbocycles. The van der Waals surface area contributed by atoms with Crippen LogP contribution in [0, 0.1) is 5.82 Å². The molecule has 1 heterocycles. The SMILES string of the molecule is CCN(CC)CCN(C(=O)CCCS(=O)(=O)c1ccc(F)cc1)c1nc2ccc(Br)cc2s1.Cl. The summed E-state index contributed by atoms with van der Waals surface area (Å²) in [6.07, 6.45) is 0.259. The highest BCUT2D eigenvalue weighted by atomic mass is 79.9. The van der Waals surface area contributed by atoms with Crippen LogP contribution in [0.3, 0.4) is 0 Å². The molecule has 186 valence electrons. The third-order valence-electron chi connectivity index (χ3n) is 5.38. The lowest BCUT2D eigenvalue weighted by atomic mass is 10.3. The number of fused-ring (bicyclic) bond motifs is 1. The van der Waals surface area contributed by atoms with Gasteiger partial charge in [-0.05, 0) is 62.0 Å². The van der Waals surface area contributed by atoms with Crippen molar-refractivity contribution in [1.29, 1.82) is 0 Å². The van der Waals surface area contributed by atoms with Gasteiger partial charge in [0.2, 0.25) is 5.91 Å². The molecule has 0 aliphatic rings. The molecule has 0 saturated heterocycles. The number of hydrogen-bond acceptors (Lipinski definition) is 6. The van der Waals surface area contributed by atoms with Crippen molar-refractivity contribution < 1.29 is 17.6 Å². The molecule has 0 fully saturated rings. The molecule has 0 N–H and O–H groups in total. The van der Waals surface area contributed by atoms with E-state index >= 15 is 0 Å². The number of anilines is 1. The Balaban J connectivity index is 0.00000408. The fourth-order valence-corrected chi connectivity index (χ4v) is 6.29. The molecule has 0 aliphatic heterocycles. The Morgan fingerprint density at radius 3 is 2.41 bits per heavy atom. The van der Waals surface area contributed by atoms with E-state index in [9.17, 15) is 17.6 Å². The topological polar surface area (TPSA) is 70.6 Å². The summed E-state index contributed by atoms with van der Waals surface area (Å²) in [5, 5.41) is 0.613. The van der Waals surface area contributed by atoms with E-state index in [-0.39, 0.29) is 41.8 Å². The van der Waals surface area contributed by atoms with E-state index in [1.807, 2.05) is 18.2 Å². The maximum Gasteiger partial charge on any atom is 0.228 e. The Hall–Kier alpha value is -1.59. The number of benzene rings is 2. The van der Waals surface area contributed by atoms with Crippen molar-refractivity contribution in [2.24, 2.45) is 0 Å². The molecule has 0 atom stereocenters. The number of hydrogen-bond donors (Lipinski definition) is 0. The predicted molar refractivity (Wildman–Crippen MR) is 142 cm³/mol. The molecule has 34 heavy (non-hydrogen) atoms. The van der Waals surface area contributed by atoms with E-state index in [1.54, 1.807) is 4.90 Å². The van der Waals surface area contributed by atoms with Crippen molar-refractivity contribution in [3.05, 3.63) is 52.8 Å². The van der Waals surface area contributed by atoms with Gasteiger partial charge in [0.05, 0.1) is 20.9 Å². The van der Waals surface area contributed by atoms with Gasteiger partial charge in [0, 0.05) is 24.0 Å². The minimum Gasteiger partial charge on any atom is -0.302 e. The second-order valence-corrected chi connectivity index (χ2v) is 11.6. The Kier molecular flexibility index (Phi) is 10.9. The largest absolute Gasteiger partial charge is 0.302 e. The van der Waals surface area contributed by atoms with Gasteiger partial charge in [0.15, 0.2) is 15.0 Å². The third-order valence-corrected chi connectivity index (χ3v) is 8.73. The maximum atomic E-state index is 13.2. The van der Waals surface area contributed by atoms with Gasteiger partial charge in [-0.3, -0.25) is 9.69 Å². The van der Waals surface area contributed by atoms with E-state index in [4.69, 9.17) is 0 Å². The summed E-state index contributed by atoms with van der Waals surface area (Å²) in [6, 6.07) is 10.5. The maximum absolute atomic E-state index is 13.2. The predicted octanol–water partition coefficient (Wildman–Crippen LogP) is 5.55. The molecule has 0 radical (unpaired) electrons. The number of nitrogens with zero attached hydrogens (tertiary/aromatic N) is 3. The fourth-order valence-electron chi connectivity index (χ4n) is 3.42. The molecule has 3 rings (SSSR count). The normalized spacial score (nSPS) is 11.6. The van der Waals surface area contributed by atoms with E-state index in [0.717, 1.165) is 39.9 Å². The van der Waals surface area contributed by atoms with Crippen LogP contribution in [0.2, 0.25) is 0 Å². The van der Waals surface area contributed by atoms with Crippen LogP contribution >= 0.6 is 39.7 Å². The quantitative estimate of drug-likeness (QED) is 0.273. The van der Waals surface area contributed by atoms with Gasteiger partial charge in [-0.15, -0.1) is 12.4 Å². The van der Waals surface area contributed by atoms with Gasteiger partial charge in [-0.25, -0.2) is 17.8 Å². The zero-order valence-electron chi connectivity index (χ0n) is 19.0. The van der Waals surface area contributed by atoms with Crippen molar-refractivity contribution in [2.45, 2.75) is 31.6 Å². The molecule has 6 nitrogen and oxygen atoms in total. The second-order valence-electron chi connectivity index (χ2n) is 7.56. The van der Waals surface area contributed by atoms with E-state index in [2.05, 4.69) is 39.7 Å². The average Bonchev–Trinajstić information content (AvgIpc) is 3.19. The first kappa shape index (κ1) is 28.6. The minimum absolute atomic E-state index is 0. The van der Waals surface area contributed by atoms with Crippen LogP contribution in [0.5, 0.6) is 0 Å². The van der Waals surface area contributed by atoms with Gasteiger partial charge in [-0.1, -0.05) is 41.1 Å². The lowest BCUT2D eigenvalue weighted by molar-refractivity contribution is -0.118. The summed E-state index contributed by atoms with van der Waals surface area (Å²) in [7, 11) is -3.59. The van der Waals surface area contributed by atoms with Crippen LogP contribution in [0.15, 0.2) is 51.8 Å². The summed E-state index contributed by atoms with van der Waals surface area (Å²) in [6.45, 7) is 7.08.